The van der Waals surface area contributed by atoms with Crippen molar-refractivity contribution < 1.29 is 9.53 Å². The molecule has 1 aromatic heterocycles. The number of hydrogen-bond donors (Lipinski definition) is 2. The molecule has 134 valence electrons. The Morgan fingerprint density at radius 1 is 1.32 bits per heavy atom. The lowest BCUT2D eigenvalue weighted by Gasteiger charge is -2.26. The molecule has 2 atom stereocenters. The normalized spacial score (nSPS) is 17.8. The second-order valence-electron chi connectivity index (χ2n) is 6.74. The van der Waals surface area contributed by atoms with Crippen molar-refractivity contribution in [2.45, 2.75) is 58.8 Å². The van der Waals surface area contributed by atoms with Gasteiger partial charge in [0.05, 0.1) is 11.4 Å². The van der Waals surface area contributed by atoms with Crippen molar-refractivity contribution in [2.75, 3.05) is 5.32 Å². The van der Waals surface area contributed by atoms with Gasteiger partial charge in [0.2, 0.25) is 0 Å². The van der Waals surface area contributed by atoms with Gasteiger partial charge in [0.1, 0.15) is 5.75 Å². The van der Waals surface area contributed by atoms with Crippen LogP contribution in [0.5, 0.6) is 5.75 Å². The van der Waals surface area contributed by atoms with E-state index in [1.54, 1.807) is 0 Å². The molecule has 0 unspecified atom stereocenters. The highest BCUT2D eigenvalue weighted by Crippen LogP contribution is 2.33. The highest BCUT2D eigenvalue weighted by Gasteiger charge is 2.26. The molecule has 2 aromatic rings. The first kappa shape index (κ1) is 17.5. The van der Waals surface area contributed by atoms with E-state index < -0.39 is 6.10 Å². The largest absolute Gasteiger partial charge is 0.478 e. The van der Waals surface area contributed by atoms with E-state index in [-0.39, 0.29) is 11.9 Å². The van der Waals surface area contributed by atoms with Gasteiger partial charge >= 0.3 is 0 Å². The van der Waals surface area contributed by atoms with Gasteiger partial charge in [-0.2, -0.15) is 5.10 Å². The van der Waals surface area contributed by atoms with Crippen molar-refractivity contribution in [3.05, 3.63) is 41.7 Å². The molecule has 0 radical (unpaired) electrons. The van der Waals surface area contributed by atoms with Crippen molar-refractivity contribution in [1.82, 2.24) is 15.1 Å². The van der Waals surface area contributed by atoms with Crippen LogP contribution < -0.4 is 15.4 Å². The molecule has 3 rings (SSSR count). The molecular formula is C19H26N4O2. The van der Waals surface area contributed by atoms with Crippen LogP contribution in [0.25, 0.3) is 0 Å². The summed E-state index contributed by atoms with van der Waals surface area (Å²) in [7, 11) is 0. The fourth-order valence-corrected chi connectivity index (χ4v) is 2.83. The van der Waals surface area contributed by atoms with Gasteiger partial charge < -0.3 is 15.4 Å². The van der Waals surface area contributed by atoms with Crippen LogP contribution in [-0.2, 0) is 11.3 Å². The standard InChI is InChI=1S/C19H26N4O2/c1-5-17-19(24)21-16-7-6-14(10-18(16)25-17)13(4)20-11-15-8-9-23(22-15)12(2)3/h6-10,12-13,17,20H,5,11H2,1-4H3,(H,21,24)/t13-,17+/m1/s1. The number of amides is 1. The highest BCUT2D eigenvalue weighted by molar-refractivity contribution is 5.97. The lowest BCUT2D eigenvalue weighted by atomic mass is 10.1. The van der Waals surface area contributed by atoms with Crippen LogP contribution in [0.4, 0.5) is 5.69 Å². The number of anilines is 1. The first-order valence-electron chi connectivity index (χ1n) is 8.86. The third-order valence-corrected chi connectivity index (χ3v) is 4.48. The van der Waals surface area contributed by atoms with Gasteiger partial charge in [-0.15, -0.1) is 0 Å². The number of carbonyl (C=O) groups is 1. The Morgan fingerprint density at radius 3 is 2.80 bits per heavy atom. The Hall–Kier alpha value is -2.34. The first-order chi connectivity index (χ1) is 12.0. The van der Waals surface area contributed by atoms with Gasteiger partial charge in [-0.05, 0) is 51.0 Å². The Balaban J connectivity index is 1.66. The minimum Gasteiger partial charge on any atom is -0.478 e. The third kappa shape index (κ3) is 3.85. The molecule has 6 nitrogen and oxygen atoms in total. The van der Waals surface area contributed by atoms with Crippen molar-refractivity contribution >= 4 is 11.6 Å². The molecule has 1 aliphatic rings. The minimum absolute atomic E-state index is 0.0744. The summed E-state index contributed by atoms with van der Waals surface area (Å²) < 4.78 is 7.78. The zero-order valence-electron chi connectivity index (χ0n) is 15.2. The van der Waals surface area contributed by atoms with E-state index >= 15 is 0 Å². The molecule has 2 N–H and O–H groups in total. The summed E-state index contributed by atoms with van der Waals surface area (Å²) >= 11 is 0. The van der Waals surface area contributed by atoms with E-state index in [2.05, 4.69) is 36.5 Å². The first-order valence-corrected chi connectivity index (χ1v) is 8.86. The predicted molar refractivity (Wildman–Crippen MR) is 97.6 cm³/mol. The van der Waals surface area contributed by atoms with Gasteiger partial charge in [0.25, 0.3) is 5.91 Å². The molecule has 0 saturated carbocycles. The summed E-state index contributed by atoms with van der Waals surface area (Å²) in [5.74, 6) is 0.663. The topological polar surface area (TPSA) is 68.2 Å². The van der Waals surface area contributed by atoms with Crippen LogP contribution in [0.2, 0.25) is 0 Å². The fourth-order valence-electron chi connectivity index (χ4n) is 2.83. The van der Waals surface area contributed by atoms with E-state index in [0.717, 1.165) is 22.7 Å². The monoisotopic (exact) mass is 342 g/mol. The lowest BCUT2D eigenvalue weighted by molar-refractivity contribution is -0.123. The summed E-state index contributed by atoms with van der Waals surface area (Å²) in [5.41, 5.74) is 2.88. The van der Waals surface area contributed by atoms with Crippen LogP contribution >= 0.6 is 0 Å². The summed E-state index contributed by atoms with van der Waals surface area (Å²) in [4.78, 5) is 11.9. The summed E-state index contributed by atoms with van der Waals surface area (Å²) in [6, 6.07) is 8.47. The maximum absolute atomic E-state index is 11.9. The second kappa shape index (κ2) is 7.27. The molecule has 1 aromatic carbocycles. The summed E-state index contributed by atoms with van der Waals surface area (Å²) in [5, 5.41) is 10.9. The molecule has 0 spiro atoms. The fraction of sp³-hybridized carbons (Fsp3) is 0.474. The number of hydrogen-bond acceptors (Lipinski definition) is 4. The Morgan fingerprint density at radius 2 is 2.12 bits per heavy atom. The van der Waals surface area contributed by atoms with Gasteiger partial charge in [0, 0.05) is 24.8 Å². The third-order valence-electron chi connectivity index (χ3n) is 4.48. The average molecular weight is 342 g/mol. The molecule has 0 aliphatic carbocycles. The van der Waals surface area contributed by atoms with Crippen molar-refractivity contribution in [3.63, 3.8) is 0 Å². The van der Waals surface area contributed by atoms with Crippen molar-refractivity contribution in [3.8, 4) is 5.75 Å². The summed E-state index contributed by atoms with van der Waals surface area (Å²) in [6.45, 7) is 8.98. The van der Waals surface area contributed by atoms with Gasteiger partial charge in [0.15, 0.2) is 6.10 Å². The maximum Gasteiger partial charge on any atom is 0.265 e. The van der Waals surface area contributed by atoms with Crippen molar-refractivity contribution in [1.29, 1.82) is 0 Å². The molecule has 1 aliphatic heterocycles. The van der Waals surface area contributed by atoms with E-state index in [9.17, 15) is 4.79 Å². The molecule has 0 bridgehead atoms. The van der Waals surface area contributed by atoms with Gasteiger partial charge in [-0.1, -0.05) is 13.0 Å². The smallest absolute Gasteiger partial charge is 0.265 e. The van der Waals surface area contributed by atoms with E-state index in [0.29, 0.717) is 19.0 Å². The number of nitrogens with one attached hydrogen (secondary N) is 2. The number of fused-ring (bicyclic) bond motifs is 1. The van der Waals surface area contributed by atoms with Gasteiger partial charge in [-0.25, -0.2) is 0 Å². The van der Waals surface area contributed by atoms with Crippen LogP contribution in [0.1, 0.15) is 57.5 Å². The molecule has 0 fully saturated rings. The van der Waals surface area contributed by atoms with Crippen LogP contribution in [0, 0.1) is 0 Å². The zero-order chi connectivity index (χ0) is 18.0. The molecule has 2 heterocycles. The number of rotatable bonds is 6. The number of ether oxygens (including phenoxy) is 1. The number of carbonyl (C=O) groups excluding carboxylic acids is 1. The maximum atomic E-state index is 11.9. The molecule has 25 heavy (non-hydrogen) atoms. The van der Waals surface area contributed by atoms with Crippen LogP contribution in [0.3, 0.4) is 0 Å². The van der Waals surface area contributed by atoms with Crippen LogP contribution in [0.15, 0.2) is 30.5 Å². The molecule has 1 amide bonds. The van der Waals surface area contributed by atoms with E-state index in [1.807, 2.05) is 42.1 Å². The summed E-state index contributed by atoms with van der Waals surface area (Å²) in [6.07, 6.45) is 2.25. The average Bonchev–Trinajstić information content (AvgIpc) is 3.08. The molecule has 0 saturated heterocycles. The molecule has 6 heteroatoms. The SMILES string of the molecule is CC[C@@H]1Oc2cc([C@@H](C)NCc3ccn(C(C)C)n3)ccc2NC1=O. The van der Waals surface area contributed by atoms with Crippen molar-refractivity contribution in [2.24, 2.45) is 0 Å². The second-order valence-corrected chi connectivity index (χ2v) is 6.74. The Bertz CT molecular complexity index is 754. The zero-order valence-corrected chi connectivity index (χ0v) is 15.2. The Labute approximate surface area is 148 Å². The van der Waals surface area contributed by atoms with E-state index in [1.165, 1.54) is 0 Å². The highest BCUT2D eigenvalue weighted by atomic mass is 16.5. The number of aromatic nitrogens is 2. The predicted octanol–water partition coefficient (Wildman–Crippen LogP) is 3.42. The Kier molecular flexibility index (Phi) is 5.08. The number of benzene rings is 1. The molecular weight excluding hydrogens is 316 g/mol. The number of nitrogens with zero attached hydrogens (tertiary/aromatic N) is 2. The minimum atomic E-state index is -0.411. The van der Waals surface area contributed by atoms with E-state index in [4.69, 9.17) is 4.74 Å². The van der Waals surface area contributed by atoms with Crippen LogP contribution in [-0.4, -0.2) is 21.8 Å². The lowest BCUT2D eigenvalue weighted by Crippen LogP contribution is -2.36. The quantitative estimate of drug-likeness (QED) is 0.844. The van der Waals surface area contributed by atoms with Gasteiger partial charge in [-0.3, -0.25) is 9.48 Å².